The van der Waals surface area contributed by atoms with E-state index in [-0.39, 0.29) is 18.6 Å². The maximum absolute atomic E-state index is 12.6. The van der Waals surface area contributed by atoms with Crippen molar-refractivity contribution in [3.05, 3.63) is 75.9 Å². The second kappa shape index (κ2) is 8.40. The van der Waals surface area contributed by atoms with E-state index in [4.69, 9.17) is 16.3 Å². The number of rotatable bonds is 5. The lowest BCUT2D eigenvalue weighted by Gasteiger charge is -2.15. The molecule has 0 aliphatic heterocycles. The molecule has 1 heterocycles. The molecule has 0 saturated heterocycles. The predicted octanol–water partition coefficient (Wildman–Crippen LogP) is 4.54. The predicted molar refractivity (Wildman–Crippen MR) is 110 cm³/mol. The smallest absolute Gasteiger partial charge is 0.340 e. The molecule has 1 aromatic heterocycles. The SMILES string of the molecule is Cc1nc2ccccc2c(C)c1C(=O)OCC(=O)N[C@H](C)c1cccc(Cl)c1. The van der Waals surface area contributed by atoms with Crippen LogP contribution in [-0.2, 0) is 9.53 Å². The van der Waals surface area contributed by atoms with E-state index >= 15 is 0 Å². The Morgan fingerprint density at radius 2 is 1.89 bits per heavy atom. The fourth-order valence-electron chi connectivity index (χ4n) is 3.18. The number of hydrogen-bond donors (Lipinski definition) is 1. The molecule has 3 aromatic rings. The second-order valence-corrected chi connectivity index (χ2v) is 7.07. The van der Waals surface area contributed by atoms with Gasteiger partial charge in [0.15, 0.2) is 6.61 Å². The number of fused-ring (bicyclic) bond motifs is 1. The Morgan fingerprint density at radius 3 is 2.64 bits per heavy atom. The van der Waals surface area contributed by atoms with Crippen LogP contribution in [0.5, 0.6) is 0 Å². The standard InChI is InChI=1S/C22H21ClN2O3/c1-13-18-9-4-5-10-19(18)24-15(3)21(13)22(27)28-12-20(26)25-14(2)16-7-6-8-17(23)11-16/h4-11,14H,12H2,1-3H3,(H,25,26)/t14-/m1/s1. The summed E-state index contributed by atoms with van der Waals surface area (Å²) in [6.07, 6.45) is 0. The van der Waals surface area contributed by atoms with Crippen molar-refractivity contribution in [2.45, 2.75) is 26.8 Å². The maximum Gasteiger partial charge on any atom is 0.340 e. The van der Waals surface area contributed by atoms with Crippen LogP contribution in [0.3, 0.4) is 0 Å². The summed E-state index contributed by atoms with van der Waals surface area (Å²) in [6, 6.07) is 14.6. The minimum absolute atomic E-state index is 0.254. The first-order chi connectivity index (χ1) is 13.4. The van der Waals surface area contributed by atoms with Crippen LogP contribution < -0.4 is 5.32 Å². The quantitative estimate of drug-likeness (QED) is 0.643. The zero-order valence-corrected chi connectivity index (χ0v) is 16.7. The van der Waals surface area contributed by atoms with Gasteiger partial charge in [-0.05, 0) is 50.1 Å². The normalized spacial score (nSPS) is 11.9. The van der Waals surface area contributed by atoms with Crippen LogP contribution in [-0.4, -0.2) is 23.5 Å². The molecule has 0 aliphatic carbocycles. The van der Waals surface area contributed by atoms with Crippen LogP contribution in [0, 0.1) is 13.8 Å². The molecule has 0 radical (unpaired) electrons. The second-order valence-electron chi connectivity index (χ2n) is 6.63. The number of ether oxygens (including phenoxy) is 1. The molecule has 0 bridgehead atoms. The average molecular weight is 397 g/mol. The van der Waals surface area contributed by atoms with Crippen molar-refractivity contribution in [3.63, 3.8) is 0 Å². The number of aryl methyl sites for hydroxylation is 2. The molecule has 1 N–H and O–H groups in total. The Hall–Kier alpha value is -2.92. The monoisotopic (exact) mass is 396 g/mol. The number of para-hydroxylation sites is 1. The number of esters is 1. The third-order valence-electron chi connectivity index (χ3n) is 4.60. The molecule has 0 saturated carbocycles. The van der Waals surface area contributed by atoms with Gasteiger partial charge in [0.05, 0.1) is 22.8 Å². The van der Waals surface area contributed by atoms with Crippen LogP contribution in [0.1, 0.15) is 40.1 Å². The van der Waals surface area contributed by atoms with Crippen LogP contribution >= 0.6 is 11.6 Å². The number of halogens is 1. The van der Waals surface area contributed by atoms with Crippen molar-refractivity contribution in [1.82, 2.24) is 10.3 Å². The van der Waals surface area contributed by atoms with E-state index in [0.717, 1.165) is 22.0 Å². The zero-order chi connectivity index (χ0) is 20.3. The van der Waals surface area contributed by atoms with E-state index in [1.54, 1.807) is 19.1 Å². The van der Waals surface area contributed by atoms with Crippen molar-refractivity contribution in [3.8, 4) is 0 Å². The largest absolute Gasteiger partial charge is 0.452 e. The number of nitrogens with zero attached hydrogens (tertiary/aromatic N) is 1. The van der Waals surface area contributed by atoms with Crippen molar-refractivity contribution >= 4 is 34.4 Å². The molecule has 1 amide bonds. The molecule has 0 unspecified atom stereocenters. The number of amides is 1. The van der Waals surface area contributed by atoms with E-state index < -0.39 is 5.97 Å². The van der Waals surface area contributed by atoms with Crippen molar-refractivity contribution in [2.24, 2.45) is 0 Å². The highest BCUT2D eigenvalue weighted by Gasteiger charge is 2.19. The fourth-order valence-corrected chi connectivity index (χ4v) is 3.38. The van der Waals surface area contributed by atoms with E-state index in [0.29, 0.717) is 16.3 Å². The third-order valence-corrected chi connectivity index (χ3v) is 4.83. The molecule has 5 nitrogen and oxygen atoms in total. The number of hydrogen-bond acceptors (Lipinski definition) is 4. The van der Waals surface area contributed by atoms with Gasteiger partial charge in [0.1, 0.15) is 0 Å². The molecule has 2 aromatic carbocycles. The Balaban J connectivity index is 1.67. The summed E-state index contributed by atoms with van der Waals surface area (Å²) in [7, 11) is 0. The van der Waals surface area contributed by atoms with Gasteiger partial charge in [-0.25, -0.2) is 4.79 Å². The first-order valence-corrected chi connectivity index (χ1v) is 9.32. The number of carbonyl (C=O) groups excluding carboxylic acids is 2. The fraction of sp³-hybridized carbons (Fsp3) is 0.227. The molecule has 0 aliphatic rings. The lowest BCUT2D eigenvalue weighted by molar-refractivity contribution is -0.124. The van der Waals surface area contributed by atoms with Gasteiger partial charge in [-0.2, -0.15) is 0 Å². The molecule has 0 spiro atoms. The van der Waals surface area contributed by atoms with Crippen molar-refractivity contribution in [2.75, 3.05) is 6.61 Å². The van der Waals surface area contributed by atoms with Crippen molar-refractivity contribution in [1.29, 1.82) is 0 Å². The van der Waals surface area contributed by atoms with Gasteiger partial charge in [-0.3, -0.25) is 9.78 Å². The molecular formula is C22H21ClN2O3. The summed E-state index contributed by atoms with van der Waals surface area (Å²) >= 11 is 5.98. The zero-order valence-electron chi connectivity index (χ0n) is 16.0. The number of pyridine rings is 1. The Kier molecular flexibility index (Phi) is 5.95. The summed E-state index contributed by atoms with van der Waals surface area (Å²) in [6.45, 7) is 5.09. The number of benzene rings is 2. The Labute approximate surface area is 168 Å². The van der Waals surface area contributed by atoms with Crippen LogP contribution in [0.25, 0.3) is 10.9 Å². The minimum atomic E-state index is -0.557. The topological polar surface area (TPSA) is 68.3 Å². The van der Waals surface area contributed by atoms with Crippen LogP contribution in [0.15, 0.2) is 48.5 Å². The van der Waals surface area contributed by atoms with E-state index in [1.807, 2.05) is 50.2 Å². The summed E-state index contributed by atoms with van der Waals surface area (Å²) in [4.78, 5) is 29.2. The highest BCUT2D eigenvalue weighted by molar-refractivity contribution is 6.30. The molecule has 6 heteroatoms. The van der Waals surface area contributed by atoms with Crippen LogP contribution in [0.2, 0.25) is 5.02 Å². The number of aromatic nitrogens is 1. The summed E-state index contributed by atoms with van der Waals surface area (Å²) in [5, 5.41) is 4.28. The molecule has 0 fully saturated rings. The Bertz CT molecular complexity index is 1050. The third kappa shape index (κ3) is 4.31. The van der Waals surface area contributed by atoms with E-state index in [9.17, 15) is 9.59 Å². The van der Waals surface area contributed by atoms with Crippen LogP contribution in [0.4, 0.5) is 0 Å². The number of nitrogens with one attached hydrogen (secondary N) is 1. The summed E-state index contributed by atoms with van der Waals surface area (Å²) in [5.74, 6) is -0.941. The highest BCUT2D eigenvalue weighted by Crippen LogP contribution is 2.23. The van der Waals surface area contributed by atoms with Gasteiger partial charge in [0.25, 0.3) is 5.91 Å². The lowest BCUT2D eigenvalue weighted by atomic mass is 10.0. The lowest BCUT2D eigenvalue weighted by Crippen LogP contribution is -2.31. The molecule has 144 valence electrons. The summed E-state index contributed by atoms with van der Waals surface area (Å²) < 4.78 is 5.24. The van der Waals surface area contributed by atoms with E-state index in [2.05, 4.69) is 10.3 Å². The first kappa shape index (κ1) is 19.8. The van der Waals surface area contributed by atoms with Gasteiger partial charge in [0, 0.05) is 10.4 Å². The molecule has 28 heavy (non-hydrogen) atoms. The molecule has 1 atom stereocenters. The van der Waals surface area contributed by atoms with Gasteiger partial charge in [-0.15, -0.1) is 0 Å². The first-order valence-electron chi connectivity index (χ1n) is 8.94. The highest BCUT2D eigenvalue weighted by atomic mass is 35.5. The molecular weight excluding hydrogens is 376 g/mol. The van der Waals surface area contributed by atoms with Gasteiger partial charge >= 0.3 is 5.97 Å². The van der Waals surface area contributed by atoms with Gasteiger partial charge < -0.3 is 10.1 Å². The van der Waals surface area contributed by atoms with Crippen molar-refractivity contribution < 1.29 is 14.3 Å². The van der Waals surface area contributed by atoms with Gasteiger partial charge in [0.2, 0.25) is 0 Å². The minimum Gasteiger partial charge on any atom is -0.452 e. The Morgan fingerprint density at radius 1 is 1.14 bits per heavy atom. The summed E-state index contributed by atoms with van der Waals surface area (Å²) in [5.41, 5.74) is 3.46. The maximum atomic E-state index is 12.6. The number of carbonyl (C=O) groups is 2. The van der Waals surface area contributed by atoms with E-state index in [1.165, 1.54) is 0 Å². The average Bonchev–Trinajstić information content (AvgIpc) is 2.66. The van der Waals surface area contributed by atoms with Gasteiger partial charge in [-0.1, -0.05) is 41.9 Å². The molecule has 3 rings (SSSR count).